The van der Waals surface area contributed by atoms with Crippen LogP contribution in [0.1, 0.15) is 32.2 Å². The number of pyridine rings is 1. The lowest BCUT2D eigenvalue weighted by Gasteiger charge is -2.11. The maximum Gasteiger partial charge on any atom is 0.286 e. The Morgan fingerprint density at radius 1 is 1.10 bits per heavy atom. The van der Waals surface area contributed by atoms with E-state index in [2.05, 4.69) is 10.6 Å². The Morgan fingerprint density at radius 2 is 1.86 bits per heavy atom. The fourth-order valence-electron chi connectivity index (χ4n) is 2.74. The minimum Gasteiger partial charge on any atom is -0.454 e. The predicted molar refractivity (Wildman–Crippen MR) is 100.0 cm³/mol. The van der Waals surface area contributed by atoms with E-state index in [1.165, 1.54) is 31.4 Å². The molecule has 0 bridgehead atoms. The molecule has 2 N–H and O–H groups in total. The highest BCUT2D eigenvalue weighted by Crippen LogP contribution is 2.15. The van der Waals surface area contributed by atoms with Crippen LogP contribution in [0.3, 0.4) is 0 Å². The number of aryl methyl sites for hydroxylation is 1. The molecular formula is C20H17F2N3O4. The summed E-state index contributed by atoms with van der Waals surface area (Å²) in [6.07, 6.45) is 1.27. The number of aromatic nitrogens is 1. The van der Waals surface area contributed by atoms with Gasteiger partial charge in [-0.15, -0.1) is 0 Å². The normalized spacial score (nSPS) is 10.6. The maximum absolute atomic E-state index is 14.1. The molecule has 9 heteroatoms. The predicted octanol–water partition coefficient (Wildman–Crippen LogP) is 2.31. The molecule has 7 nitrogen and oxygen atoms in total. The average Bonchev–Trinajstić information content (AvgIpc) is 3.17. The van der Waals surface area contributed by atoms with Gasteiger partial charge in [0, 0.05) is 19.3 Å². The summed E-state index contributed by atoms with van der Waals surface area (Å²) < 4.78 is 33.7. The number of nitrogens with zero attached hydrogens (tertiary/aromatic N) is 1. The topological polar surface area (TPSA) is 93.3 Å². The number of amides is 2. The van der Waals surface area contributed by atoms with Crippen LogP contribution < -0.4 is 16.2 Å². The van der Waals surface area contributed by atoms with E-state index >= 15 is 0 Å². The van der Waals surface area contributed by atoms with E-state index in [0.717, 1.165) is 22.8 Å². The van der Waals surface area contributed by atoms with Crippen LogP contribution in [0.5, 0.6) is 0 Å². The summed E-state index contributed by atoms with van der Waals surface area (Å²) in [6.45, 7) is 1.48. The molecule has 0 saturated heterocycles. The van der Waals surface area contributed by atoms with Crippen molar-refractivity contribution in [2.45, 2.75) is 13.5 Å². The van der Waals surface area contributed by atoms with Gasteiger partial charge in [0.25, 0.3) is 17.4 Å². The Morgan fingerprint density at radius 3 is 2.59 bits per heavy atom. The third-order valence-corrected chi connectivity index (χ3v) is 4.23. The molecule has 0 unspecified atom stereocenters. The summed E-state index contributed by atoms with van der Waals surface area (Å²) in [5.41, 5.74) is -0.942. The number of rotatable bonds is 5. The fraction of sp³-hybridized carbons (Fsp3) is 0.150. The van der Waals surface area contributed by atoms with Crippen molar-refractivity contribution in [3.8, 4) is 5.69 Å². The molecule has 0 atom stereocenters. The Bertz CT molecular complexity index is 1150. The van der Waals surface area contributed by atoms with Crippen molar-refractivity contribution in [1.82, 2.24) is 15.2 Å². The van der Waals surface area contributed by atoms with Crippen molar-refractivity contribution in [2.24, 2.45) is 0 Å². The van der Waals surface area contributed by atoms with Gasteiger partial charge in [0.1, 0.15) is 23.0 Å². The van der Waals surface area contributed by atoms with Crippen molar-refractivity contribution in [1.29, 1.82) is 0 Å². The second-order valence-corrected chi connectivity index (χ2v) is 6.17. The van der Waals surface area contributed by atoms with Crippen LogP contribution in [0.4, 0.5) is 8.78 Å². The van der Waals surface area contributed by atoms with Crippen LogP contribution in [-0.4, -0.2) is 23.4 Å². The molecule has 2 amide bonds. The third kappa shape index (κ3) is 4.08. The first kappa shape index (κ1) is 20.0. The second kappa shape index (κ2) is 8.09. The molecule has 1 aromatic carbocycles. The van der Waals surface area contributed by atoms with Crippen LogP contribution in [-0.2, 0) is 6.54 Å². The van der Waals surface area contributed by atoms with E-state index in [9.17, 15) is 23.2 Å². The van der Waals surface area contributed by atoms with Crippen LogP contribution in [0.2, 0.25) is 0 Å². The first-order chi connectivity index (χ1) is 13.8. The number of benzene rings is 1. The van der Waals surface area contributed by atoms with Gasteiger partial charge in [-0.25, -0.2) is 8.78 Å². The highest BCUT2D eigenvalue weighted by Gasteiger charge is 2.19. The number of nitrogens with one attached hydrogen (secondary N) is 2. The lowest BCUT2D eigenvalue weighted by atomic mass is 10.1. The third-order valence-electron chi connectivity index (χ3n) is 4.23. The standard InChI is InChI=1S/C20H17F2N3O4/c1-11-7-8-25(15-9-12(21)3-5-14(15)22)20(28)17(11)19(27)24-10-13-4-6-16(29-13)18(26)23-2/h3-9H,10H2,1-2H3,(H,23,26)(H,24,27). The van der Waals surface area contributed by atoms with E-state index in [0.29, 0.717) is 11.3 Å². The summed E-state index contributed by atoms with van der Waals surface area (Å²) in [5.74, 6) is -2.26. The molecule has 3 rings (SSSR count). The van der Waals surface area contributed by atoms with Crippen LogP contribution >= 0.6 is 0 Å². The van der Waals surface area contributed by atoms with Crippen molar-refractivity contribution < 1.29 is 22.8 Å². The van der Waals surface area contributed by atoms with Gasteiger partial charge >= 0.3 is 0 Å². The minimum atomic E-state index is -0.805. The molecular weight excluding hydrogens is 384 g/mol. The van der Waals surface area contributed by atoms with E-state index in [4.69, 9.17) is 4.42 Å². The summed E-state index contributed by atoms with van der Waals surface area (Å²) >= 11 is 0. The summed E-state index contributed by atoms with van der Waals surface area (Å²) in [6, 6.07) is 7.13. The molecule has 0 aliphatic heterocycles. The van der Waals surface area contributed by atoms with E-state index < -0.39 is 29.0 Å². The Hall–Kier alpha value is -3.75. The lowest BCUT2D eigenvalue weighted by molar-refractivity contribution is 0.0933. The molecule has 0 aliphatic carbocycles. The zero-order chi connectivity index (χ0) is 21.1. The molecule has 150 valence electrons. The van der Waals surface area contributed by atoms with E-state index in [1.807, 2.05) is 0 Å². The largest absolute Gasteiger partial charge is 0.454 e. The van der Waals surface area contributed by atoms with Gasteiger partial charge in [-0.05, 0) is 42.8 Å². The molecule has 0 radical (unpaired) electrons. The molecule has 0 aliphatic rings. The van der Waals surface area contributed by atoms with Crippen LogP contribution in [0.25, 0.3) is 5.69 Å². The molecule has 2 aromatic heterocycles. The van der Waals surface area contributed by atoms with Gasteiger partial charge in [0.15, 0.2) is 5.76 Å². The molecule has 0 spiro atoms. The number of carbonyl (C=O) groups excluding carboxylic acids is 2. The monoisotopic (exact) mass is 401 g/mol. The first-order valence-corrected chi connectivity index (χ1v) is 8.58. The maximum atomic E-state index is 14.1. The van der Waals surface area contributed by atoms with E-state index in [1.54, 1.807) is 6.92 Å². The van der Waals surface area contributed by atoms with Gasteiger partial charge < -0.3 is 15.1 Å². The Balaban J connectivity index is 1.87. The van der Waals surface area contributed by atoms with Crippen molar-refractivity contribution in [3.05, 3.63) is 87.2 Å². The van der Waals surface area contributed by atoms with Gasteiger partial charge in [-0.1, -0.05) is 0 Å². The summed E-state index contributed by atoms with van der Waals surface area (Å²) in [7, 11) is 1.46. The number of hydrogen-bond acceptors (Lipinski definition) is 4. The Kier molecular flexibility index (Phi) is 5.58. The minimum absolute atomic E-state index is 0.0715. The van der Waals surface area contributed by atoms with E-state index in [-0.39, 0.29) is 23.6 Å². The Labute approximate surface area is 164 Å². The zero-order valence-electron chi connectivity index (χ0n) is 15.6. The van der Waals surface area contributed by atoms with Gasteiger partial charge in [0.2, 0.25) is 0 Å². The highest BCUT2D eigenvalue weighted by atomic mass is 19.1. The lowest BCUT2D eigenvalue weighted by Crippen LogP contribution is -2.33. The van der Waals surface area contributed by atoms with Gasteiger partial charge in [-0.2, -0.15) is 0 Å². The molecule has 0 saturated carbocycles. The van der Waals surface area contributed by atoms with Crippen LogP contribution in [0, 0.1) is 18.6 Å². The van der Waals surface area contributed by atoms with Crippen molar-refractivity contribution in [3.63, 3.8) is 0 Å². The molecule has 0 fully saturated rings. The molecule has 2 heterocycles. The average molecular weight is 401 g/mol. The summed E-state index contributed by atoms with van der Waals surface area (Å²) in [4.78, 5) is 36.9. The number of hydrogen-bond donors (Lipinski definition) is 2. The van der Waals surface area contributed by atoms with Crippen molar-refractivity contribution >= 4 is 11.8 Å². The smallest absolute Gasteiger partial charge is 0.286 e. The fourth-order valence-corrected chi connectivity index (χ4v) is 2.74. The highest BCUT2D eigenvalue weighted by molar-refractivity contribution is 5.95. The molecule has 3 aromatic rings. The number of furan rings is 1. The zero-order valence-corrected chi connectivity index (χ0v) is 15.6. The second-order valence-electron chi connectivity index (χ2n) is 6.17. The summed E-state index contributed by atoms with van der Waals surface area (Å²) in [5, 5.41) is 4.94. The van der Waals surface area contributed by atoms with Crippen LogP contribution in [0.15, 0.2) is 51.8 Å². The number of halogens is 2. The molecule has 29 heavy (non-hydrogen) atoms. The van der Waals surface area contributed by atoms with Gasteiger partial charge in [-0.3, -0.25) is 19.0 Å². The SMILES string of the molecule is CNC(=O)c1ccc(CNC(=O)c2c(C)ccn(-c3cc(F)ccc3F)c2=O)o1. The van der Waals surface area contributed by atoms with Crippen molar-refractivity contribution in [2.75, 3.05) is 7.05 Å². The number of carbonyl (C=O) groups is 2. The first-order valence-electron chi connectivity index (χ1n) is 8.58. The quantitative estimate of drug-likeness (QED) is 0.686. The van der Waals surface area contributed by atoms with Gasteiger partial charge in [0.05, 0.1) is 12.2 Å².